The molecule has 0 amide bonds. The molecule has 5 heteroatoms. The third kappa shape index (κ3) is 1.98. The number of rotatable bonds is 2. The van der Waals surface area contributed by atoms with E-state index >= 15 is 0 Å². The molecule has 13 heavy (non-hydrogen) atoms. The smallest absolute Gasteiger partial charge is 0.154 e. The first-order chi connectivity index (χ1) is 6.16. The lowest BCUT2D eigenvalue weighted by molar-refractivity contribution is 0.570. The standard InChI is InChI=1S/C8H10N2O2S/c11-13(12)5-8(6-13)10-7-1-3-9-4-2-7/h1-4,8H,5-6H2,(H,9,10). The van der Waals surface area contributed by atoms with Crippen LogP contribution in [0.5, 0.6) is 0 Å². The summed E-state index contributed by atoms with van der Waals surface area (Å²) in [5, 5.41) is 3.11. The fraction of sp³-hybridized carbons (Fsp3) is 0.375. The number of nitrogens with one attached hydrogen (secondary N) is 1. The summed E-state index contributed by atoms with van der Waals surface area (Å²) in [6.07, 6.45) is 3.35. The lowest BCUT2D eigenvalue weighted by atomic mass is 10.3. The monoisotopic (exact) mass is 198 g/mol. The first kappa shape index (κ1) is 8.50. The predicted molar refractivity (Wildman–Crippen MR) is 50.3 cm³/mol. The van der Waals surface area contributed by atoms with Crippen molar-refractivity contribution in [3.05, 3.63) is 24.5 Å². The fourth-order valence-corrected chi connectivity index (χ4v) is 2.63. The first-order valence-electron chi connectivity index (χ1n) is 4.03. The summed E-state index contributed by atoms with van der Waals surface area (Å²) in [4.78, 5) is 3.87. The molecule has 0 radical (unpaired) electrons. The maximum atomic E-state index is 10.8. The Balaban J connectivity index is 1.95. The summed E-state index contributed by atoms with van der Waals surface area (Å²) in [5.41, 5.74) is 0.926. The molecule has 1 aromatic heterocycles. The van der Waals surface area contributed by atoms with Gasteiger partial charge in [-0.3, -0.25) is 4.98 Å². The van der Waals surface area contributed by atoms with E-state index in [4.69, 9.17) is 0 Å². The van der Waals surface area contributed by atoms with E-state index in [9.17, 15) is 8.42 Å². The van der Waals surface area contributed by atoms with Crippen molar-refractivity contribution in [2.24, 2.45) is 0 Å². The van der Waals surface area contributed by atoms with E-state index in [1.165, 1.54) is 0 Å². The second-order valence-corrected chi connectivity index (χ2v) is 5.31. The molecule has 1 fully saturated rings. The Bertz CT molecular complexity index is 376. The predicted octanol–water partition coefficient (Wildman–Crippen LogP) is 0.291. The minimum atomic E-state index is -2.73. The molecule has 0 aromatic carbocycles. The van der Waals surface area contributed by atoms with Crippen LogP contribution in [-0.4, -0.2) is 30.9 Å². The van der Waals surface area contributed by atoms with Crippen molar-refractivity contribution in [1.29, 1.82) is 0 Å². The van der Waals surface area contributed by atoms with Crippen LogP contribution in [0.15, 0.2) is 24.5 Å². The molecule has 1 saturated heterocycles. The molecule has 0 unspecified atom stereocenters. The SMILES string of the molecule is O=S1(=O)CC(Nc2ccncc2)C1. The van der Waals surface area contributed by atoms with Gasteiger partial charge in [-0.1, -0.05) is 0 Å². The molecule has 2 heterocycles. The average Bonchev–Trinajstić information content (AvgIpc) is 2.03. The van der Waals surface area contributed by atoms with E-state index in [-0.39, 0.29) is 17.5 Å². The number of anilines is 1. The molecule has 1 aliphatic heterocycles. The maximum absolute atomic E-state index is 10.8. The van der Waals surface area contributed by atoms with E-state index in [2.05, 4.69) is 10.3 Å². The summed E-state index contributed by atoms with van der Waals surface area (Å²) < 4.78 is 21.7. The summed E-state index contributed by atoms with van der Waals surface area (Å²) >= 11 is 0. The highest BCUT2D eigenvalue weighted by Crippen LogP contribution is 2.15. The van der Waals surface area contributed by atoms with Crippen molar-refractivity contribution in [3.8, 4) is 0 Å². The molecule has 0 bridgehead atoms. The van der Waals surface area contributed by atoms with Crippen molar-refractivity contribution in [2.45, 2.75) is 6.04 Å². The van der Waals surface area contributed by atoms with Gasteiger partial charge >= 0.3 is 0 Å². The molecule has 4 nitrogen and oxygen atoms in total. The summed E-state index contributed by atoms with van der Waals surface area (Å²) in [6.45, 7) is 0. The zero-order valence-electron chi connectivity index (χ0n) is 6.97. The van der Waals surface area contributed by atoms with Gasteiger partial charge in [0.1, 0.15) is 0 Å². The number of sulfone groups is 1. The molecular formula is C8H10N2O2S. The molecule has 1 aromatic rings. The maximum Gasteiger partial charge on any atom is 0.154 e. The highest BCUT2D eigenvalue weighted by Gasteiger charge is 2.32. The van der Waals surface area contributed by atoms with E-state index in [1.807, 2.05) is 12.1 Å². The van der Waals surface area contributed by atoms with Crippen molar-refractivity contribution in [2.75, 3.05) is 16.8 Å². The Morgan fingerprint density at radius 3 is 2.46 bits per heavy atom. The Morgan fingerprint density at radius 2 is 1.92 bits per heavy atom. The summed E-state index contributed by atoms with van der Waals surface area (Å²) in [7, 11) is -2.73. The van der Waals surface area contributed by atoms with E-state index in [1.54, 1.807) is 12.4 Å². The highest BCUT2D eigenvalue weighted by molar-refractivity contribution is 7.92. The van der Waals surface area contributed by atoms with Crippen LogP contribution in [0.25, 0.3) is 0 Å². The lowest BCUT2D eigenvalue weighted by Gasteiger charge is -2.27. The van der Waals surface area contributed by atoms with Crippen molar-refractivity contribution >= 4 is 15.5 Å². The van der Waals surface area contributed by atoms with Crippen LogP contribution in [-0.2, 0) is 9.84 Å². The highest BCUT2D eigenvalue weighted by atomic mass is 32.2. The molecule has 70 valence electrons. The molecular weight excluding hydrogens is 188 g/mol. The minimum Gasteiger partial charge on any atom is -0.380 e. The number of hydrogen-bond donors (Lipinski definition) is 1. The van der Waals surface area contributed by atoms with Gasteiger partial charge in [-0.15, -0.1) is 0 Å². The summed E-state index contributed by atoms with van der Waals surface area (Å²) in [5.74, 6) is 0.491. The lowest BCUT2D eigenvalue weighted by Crippen LogP contribution is -2.46. The van der Waals surface area contributed by atoms with Gasteiger partial charge in [0.2, 0.25) is 0 Å². The van der Waals surface area contributed by atoms with Gasteiger partial charge in [-0.25, -0.2) is 8.42 Å². The third-order valence-electron chi connectivity index (χ3n) is 1.96. The Kier molecular flexibility index (Phi) is 1.95. The van der Waals surface area contributed by atoms with Gasteiger partial charge in [0.15, 0.2) is 9.84 Å². The van der Waals surface area contributed by atoms with Crippen LogP contribution in [0, 0.1) is 0 Å². The number of nitrogens with zero attached hydrogens (tertiary/aromatic N) is 1. The number of pyridine rings is 1. The summed E-state index contributed by atoms with van der Waals surface area (Å²) in [6, 6.07) is 3.72. The van der Waals surface area contributed by atoms with E-state index in [0.717, 1.165) is 5.69 Å². The van der Waals surface area contributed by atoms with Crippen LogP contribution in [0.4, 0.5) is 5.69 Å². The van der Waals surface area contributed by atoms with E-state index < -0.39 is 9.84 Å². The van der Waals surface area contributed by atoms with Crippen LogP contribution in [0.2, 0.25) is 0 Å². The quantitative estimate of drug-likeness (QED) is 0.742. The second-order valence-electron chi connectivity index (χ2n) is 3.15. The van der Waals surface area contributed by atoms with Crippen LogP contribution in [0.1, 0.15) is 0 Å². The molecule has 2 rings (SSSR count). The van der Waals surface area contributed by atoms with Gasteiger partial charge in [0.25, 0.3) is 0 Å². The van der Waals surface area contributed by atoms with Gasteiger partial charge in [-0.2, -0.15) is 0 Å². The molecule has 0 atom stereocenters. The molecule has 0 spiro atoms. The van der Waals surface area contributed by atoms with Crippen LogP contribution < -0.4 is 5.32 Å². The zero-order valence-corrected chi connectivity index (χ0v) is 7.79. The van der Waals surface area contributed by atoms with Crippen LogP contribution >= 0.6 is 0 Å². The second kappa shape index (κ2) is 2.99. The molecule has 1 aliphatic rings. The Labute approximate surface area is 76.9 Å². The average molecular weight is 198 g/mol. The van der Waals surface area contributed by atoms with Gasteiger partial charge in [0, 0.05) is 18.1 Å². The normalized spacial score (nSPS) is 20.6. The van der Waals surface area contributed by atoms with E-state index in [0.29, 0.717) is 0 Å². The fourth-order valence-electron chi connectivity index (χ4n) is 1.33. The number of hydrogen-bond acceptors (Lipinski definition) is 4. The van der Waals surface area contributed by atoms with Crippen molar-refractivity contribution < 1.29 is 8.42 Å². The van der Waals surface area contributed by atoms with Gasteiger partial charge in [-0.05, 0) is 12.1 Å². The minimum absolute atomic E-state index is 0.0763. The Morgan fingerprint density at radius 1 is 1.31 bits per heavy atom. The first-order valence-corrected chi connectivity index (χ1v) is 5.85. The third-order valence-corrected chi connectivity index (χ3v) is 3.78. The van der Waals surface area contributed by atoms with Gasteiger partial charge in [0.05, 0.1) is 17.5 Å². The Hall–Kier alpha value is -1.10. The molecule has 0 saturated carbocycles. The van der Waals surface area contributed by atoms with Crippen LogP contribution in [0.3, 0.4) is 0 Å². The zero-order chi connectivity index (χ0) is 9.31. The van der Waals surface area contributed by atoms with Crippen molar-refractivity contribution in [1.82, 2.24) is 4.98 Å². The number of aromatic nitrogens is 1. The topological polar surface area (TPSA) is 59.1 Å². The van der Waals surface area contributed by atoms with Crippen molar-refractivity contribution in [3.63, 3.8) is 0 Å². The largest absolute Gasteiger partial charge is 0.380 e. The molecule has 0 aliphatic carbocycles. The molecule has 1 N–H and O–H groups in total. The van der Waals surface area contributed by atoms with Gasteiger partial charge < -0.3 is 5.32 Å².